The Hall–Kier alpha value is -5.55. The highest BCUT2D eigenvalue weighted by atomic mass is 35.5. The Balaban J connectivity index is 2.23. The summed E-state index contributed by atoms with van der Waals surface area (Å²) in [7, 11) is 0. The lowest BCUT2D eigenvalue weighted by Crippen LogP contribution is -2.56. The second-order valence-electron chi connectivity index (χ2n) is 14.7. The molecule has 2 rings (SSSR count). The summed E-state index contributed by atoms with van der Waals surface area (Å²) in [5.74, 6) is -8.79. The van der Waals surface area contributed by atoms with Gasteiger partial charge < -0.3 is 41.0 Å². The summed E-state index contributed by atoms with van der Waals surface area (Å²) < 4.78 is 10.4. The Labute approximate surface area is 357 Å². The Morgan fingerprint density at radius 1 is 0.517 bits per heavy atom. The van der Waals surface area contributed by atoms with E-state index in [2.05, 4.69) is 21.3 Å². The summed E-state index contributed by atoms with van der Waals surface area (Å²) in [5, 5.41) is 23.8. The van der Waals surface area contributed by atoms with Crippen molar-refractivity contribution in [3.8, 4) is 0 Å². The molecule has 0 heterocycles. The Morgan fingerprint density at radius 3 is 1.15 bits per heavy atom. The number of halogens is 2. The molecule has 2 unspecified atom stereocenters. The van der Waals surface area contributed by atoms with Crippen LogP contribution in [0.2, 0.25) is 0 Å². The van der Waals surface area contributed by atoms with Gasteiger partial charge in [-0.1, -0.05) is 88.4 Å². The maximum absolute atomic E-state index is 13.6. The number of aliphatic carboxylic acids is 2. The first kappa shape index (κ1) is 50.6. The van der Waals surface area contributed by atoms with E-state index in [9.17, 15) is 53.4 Å². The average molecular weight is 880 g/mol. The zero-order chi connectivity index (χ0) is 44.9. The number of rotatable bonds is 26. The third kappa shape index (κ3) is 18.6. The summed E-state index contributed by atoms with van der Waals surface area (Å²) in [5.41, 5.74) is 1.34. The first-order chi connectivity index (χ1) is 28.3. The van der Waals surface area contributed by atoms with Crippen molar-refractivity contribution in [2.45, 2.75) is 114 Å². The molecule has 6 N–H and O–H groups in total. The van der Waals surface area contributed by atoms with E-state index in [1.54, 1.807) is 88.4 Å². The number of ether oxygens (including phenoxy) is 2. The molecule has 19 heteroatoms. The number of nitrogens with one attached hydrogen (secondary N) is 4. The van der Waals surface area contributed by atoms with Gasteiger partial charge in [-0.25, -0.2) is 9.59 Å². The highest BCUT2D eigenvalue weighted by molar-refractivity contribution is 6.53. The van der Waals surface area contributed by atoms with Crippen LogP contribution in [0.15, 0.2) is 60.7 Å². The van der Waals surface area contributed by atoms with Gasteiger partial charge in [0.2, 0.25) is 11.8 Å². The van der Waals surface area contributed by atoms with Gasteiger partial charge in [-0.3, -0.25) is 33.6 Å². The standard InChI is InChI=1S/C41H52Cl2N4O13/c1-23(2)19-29(46-40(57)59-21-25-11-7-5-8-12-25)38(55)44-27(15-17-31(48)49)35(52)33(42)37(54)34(43)36(53)28(16-18-32(50)51)45-39(56)30(20-24(3)4)47-41(58)60-22-26-13-9-6-10-14-26/h5-14,23-24,27-30,33-34H,15-22H2,1-4H3,(H,44,55)(H,45,56)(H,46,57)(H,47,58)(H,48,49)(H,50,51)/t27-,28-,29-,30-,33?,34?/m0/s1. The number of ketones is 3. The minimum Gasteiger partial charge on any atom is -0.481 e. The molecule has 6 atom stereocenters. The van der Waals surface area contributed by atoms with Crippen LogP contribution in [0.25, 0.3) is 0 Å². The van der Waals surface area contributed by atoms with Crippen molar-refractivity contribution in [1.29, 1.82) is 0 Å². The molecule has 2 aromatic rings. The molecule has 0 bridgehead atoms. The van der Waals surface area contributed by atoms with Crippen LogP contribution in [0, 0.1) is 11.8 Å². The van der Waals surface area contributed by atoms with Crippen molar-refractivity contribution < 1.29 is 62.8 Å². The van der Waals surface area contributed by atoms with Gasteiger partial charge in [-0.15, -0.1) is 23.2 Å². The first-order valence-electron chi connectivity index (χ1n) is 19.2. The van der Waals surface area contributed by atoms with E-state index in [4.69, 9.17) is 32.7 Å². The highest BCUT2D eigenvalue weighted by Crippen LogP contribution is 2.18. The summed E-state index contributed by atoms with van der Waals surface area (Å²) >= 11 is 12.5. The van der Waals surface area contributed by atoms with Gasteiger partial charge in [-0.05, 0) is 48.6 Å². The van der Waals surface area contributed by atoms with Crippen LogP contribution in [0.5, 0.6) is 0 Å². The largest absolute Gasteiger partial charge is 0.481 e. The first-order valence-corrected chi connectivity index (χ1v) is 20.0. The molecule has 0 saturated carbocycles. The number of carbonyl (C=O) groups excluding carboxylic acids is 7. The predicted octanol–water partition coefficient (Wildman–Crippen LogP) is 4.29. The van der Waals surface area contributed by atoms with Crippen LogP contribution in [0.3, 0.4) is 0 Å². The molecule has 0 spiro atoms. The van der Waals surface area contributed by atoms with E-state index in [0.717, 1.165) is 0 Å². The van der Waals surface area contributed by atoms with Gasteiger partial charge in [0.15, 0.2) is 28.1 Å². The van der Waals surface area contributed by atoms with E-state index < -0.39 is 114 Å². The van der Waals surface area contributed by atoms with E-state index in [1.165, 1.54) is 0 Å². The lowest BCUT2D eigenvalue weighted by Gasteiger charge is -2.26. The summed E-state index contributed by atoms with van der Waals surface area (Å²) in [6.07, 6.45) is -4.26. The lowest BCUT2D eigenvalue weighted by atomic mass is 9.95. The zero-order valence-electron chi connectivity index (χ0n) is 33.7. The SMILES string of the molecule is CC(C)C[C@H](NC(=O)OCc1ccccc1)C(=O)N[C@@H](CCC(=O)O)C(=O)C(Cl)C(=O)C(Cl)C(=O)[C@H](CCC(=O)O)NC(=O)[C@H](CC(C)C)NC(=O)OCc1ccccc1. The molecule has 0 saturated heterocycles. The number of Topliss-reactive ketones (excluding diaryl/α,β-unsaturated/α-hetero) is 3. The van der Waals surface area contributed by atoms with Crippen molar-refractivity contribution in [3.63, 3.8) is 0 Å². The molecule has 0 aromatic heterocycles. The zero-order valence-corrected chi connectivity index (χ0v) is 35.2. The van der Waals surface area contributed by atoms with E-state index in [-0.39, 0.29) is 37.9 Å². The van der Waals surface area contributed by atoms with E-state index in [0.29, 0.717) is 11.1 Å². The van der Waals surface area contributed by atoms with Gasteiger partial charge in [0.25, 0.3) is 0 Å². The molecule has 0 fully saturated rings. The predicted molar refractivity (Wildman–Crippen MR) is 218 cm³/mol. The fraction of sp³-hybridized carbons (Fsp3) is 0.488. The number of alkyl carbamates (subject to hydrolysis) is 2. The lowest BCUT2D eigenvalue weighted by molar-refractivity contribution is -0.138. The van der Waals surface area contributed by atoms with Gasteiger partial charge in [0.1, 0.15) is 25.3 Å². The molecule has 17 nitrogen and oxygen atoms in total. The Morgan fingerprint density at radius 2 is 0.850 bits per heavy atom. The summed E-state index contributed by atoms with van der Waals surface area (Å²) in [6.45, 7) is 6.79. The molecule has 2 aromatic carbocycles. The topological polar surface area (TPSA) is 261 Å². The number of carboxylic acids is 2. The highest BCUT2D eigenvalue weighted by Gasteiger charge is 2.41. The maximum Gasteiger partial charge on any atom is 0.408 e. The van der Waals surface area contributed by atoms with Crippen molar-refractivity contribution >= 4 is 76.5 Å². The number of hydrogen-bond acceptors (Lipinski definition) is 11. The number of hydrogen-bond donors (Lipinski definition) is 6. The van der Waals surface area contributed by atoms with E-state index in [1.807, 2.05) is 0 Å². The van der Waals surface area contributed by atoms with Crippen LogP contribution in [0.1, 0.15) is 77.3 Å². The van der Waals surface area contributed by atoms with Crippen LogP contribution in [-0.4, -0.2) is 98.4 Å². The number of amides is 4. The van der Waals surface area contributed by atoms with Gasteiger partial charge in [0, 0.05) is 12.8 Å². The Bertz CT molecular complexity index is 1670. The molecular weight excluding hydrogens is 827 g/mol. The molecule has 4 amide bonds. The molecular formula is C41H52Cl2N4O13. The van der Waals surface area contributed by atoms with Crippen molar-refractivity contribution in [2.24, 2.45) is 11.8 Å². The van der Waals surface area contributed by atoms with Crippen molar-refractivity contribution in [3.05, 3.63) is 71.8 Å². The number of carbonyl (C=O) groups is 9. The van der Waals surface area contributed by atoms with Crippen LogP contribution in [0.4, 0.5) is 9.59 Å². The molecule has 328 valence electrons. The molecule has 60 heavy (non-hydrogen) atoms. The van der Waals surface area contributed by atoms with Gasteiger partial charge in [0.05, 0.1) is 12.1 Å². The van der Waals surface area contributed by atoms with Crippen molar-refractivity contribution in [2.75, 3.05) is 0 Å². The third-order valence-corrected chi connectivity index (χ3v) is 9.53. The minimum absolute atomic E-state index is 0.0550. The average Bonchev–Trinajstić information content (AvgIpc) is 3.20. The molecule has 0 aliphatic heterocycles. The van der Waals surface area contributed by atoms with Gasteiger partial charge >= 0.3 is 24.1 Å². The van der Waals surface area contributed by atoms with Crippen LogP contribution in [-0.2, 0) is 56.2 Å². The van der Waals surface area contributed by atoms with Crippen LogP contribution < -0.4 is 21.3 Å². The second kappa shape index (κ2) is 25.8. The molecule has 0 aliphatic carbocycles. The maximum atomic E-state index is 13.6. The van der Waals surface area contributed by atoms with E-state index >= 15 is 0 Å². The van der Waals surface area contributed by atoms with Crippen LogP contribution >= 0.6 is 23.2 Å². The number of alkyl halides is 2. The Kier molecular flexibility index (Phi) is 21.8. The number of benzene rings is 2. The summed E-state index contributed by atoms with van der Waals surface area (Å²) in [6, 6.07) is 11.4. The molecule has 0 aliphatic rings. The smallest absolute Gasteiger partial charge is 0.408 e. The quantitative estimate of drug-likeness (QED) is 0.0570. The fourth-order valence-electron chi connectivity index (χ4n) is 5.63. The number of carboxylic acid groups (broad SMARTS) is 2. The molecule has 0 radical (unpaired) electrons. The third-order valence-electron chi connectivity index (χ3n) is 8.67. The second-order valence-corrected chi connectivity index (χ2v) is 15.6. The van der Waals surface area contributed by atoms with Gasteiger partial charge in [-0.2, -0.15) is 0 Å². The fourth-order valence-corrected chi connectivity index (χ4v) is 6.25. The monoisotopic (exact) mass is 878 g/mol. The minimum atomic E-state index is -2.24. The normalized spacial score (nSPS) is 14.0. The van der Waals surface area contributed by atoms with Crippen molar-refractivity contribution in [1.82, 2.24) is 21.3 Å². The summed E-state index contributed by atoms with van der Waals surface area (Å²) in [4.78, 5) is 116.